The second-order valence-corrected chi connectivity index (χ2v) is 5.84. The van der Waals surface area contributed by atoms with E-state index in [9.17, 15) is 0 Å². The number of hydrogen-bond acceptors (Lipinski definition) is 4. The van der Waals surface area contributed by atoms with E-state index in [4.69, 9.17) is 0 Å². The van der Waals surface area contributed by atoms with Crippen LogP contribution in [0.25, 0.3) is 11.4 Å². The smallest absolute Gasteiger partial charge is 0.163 e. The lowest BCUT2D eigenvalue weighted by Crippen LogP contribution is -2.17. The van der Waals surface area contributed by atoms with Gasteiger partial charge in [0.05, 0.1) is 0 Å². The Morgan fingerprint density at radius 3 is 2.48 bits per heavy atom. The average Bonchev–Trinajstić information content (AvgIpc) is 2.93. The highest BCUT2D eigenvalue weighted by Gasteiger charge is 2.21. The Balaban J connectivity index is 1.86. The summed E-state index contributed by atoms with van der Waals surface area (Å²) in [7, 11) is 1.89. The van der Waals surface area contributed by atoms with Gasteiger partial charge in [-0.15, -0.1) is 0 Å². The molecule has 1 aromatic heterocycles. The van der Waals surface area contributed by atoms with Gasteiger partial charge in [-0.05, 0) is 25.2 Å². The number of rotatable bonds is 4. The summed E-state index contributed by atoms with van der Waals surface area (Å²) in [6, 6.07) is 12.6. The van der Waals surface area contributed by atoms with E-state index in [1.54, 1.807) is 0 Å². The molecule has 0 radical (unpaired) electrons. The Bertz CT molecular complexity index is 597. The summed E-state index contributed by atoms with van der Waals surface area (Å²) < 4.78 is 0. The van der Waals surface area contributed by atoms with Crippen molar-refractivity contribution in [1.82, 2.24) is 9.97 Å². The van der Waals surface area contributed by atoms with Gasteiger partial charge in [-0.2, -0.15) is 0 Å². The molecule has 1 fully saturated rings. The van der Waals surface area contributed by atoms with Crippen LogP contribution in [0.3, 0.4) is 0 Å². The maximum absolute atomic E-state index is 4.68. The number of nitrogens with zero attached hydrogens (tertiary/aromatic N) is 2. The summed E-state index contributed by atoms with van der Waals surface area (Å²) in [5, 5.41) is 6.69. The molecule has 1 saturated carbocycles. The van der Waals surface area contributed by atoms with E-state index in [2.05, 4.69) is 27.5 Å². The molecular formula is C17H22N4. The van der Waals surface area contributed by atoms with Crippen molar-refractivity contribution in [1.29, 1.82) is 0 Å². The zero-order valence-corrected chi connectivity index (χ0v) is 12.6. The molecule has 21 heavy (non-hydrogen) atoms. The van der Waals surface area contributed by atoms with E-state index in [0.717, 1.165) is 28.9 Å². The van der Waals surface area contributed by atoms with Gasteiger partial charge in [0.2, 0.25) is 0 Å². The molecule has 4 heteroatoms. The third kappa shape index (κ3) is 3.32. The summed E-state index contributed by atoms with van der Waals surface area (Å²) in [5.41, 5.74) is 1.04. The van der Waals surface area contributed by atoms with Crippen LogP contribution in [-0.4, -0.2) is 23.1 Å². The number of anilines is 2. The van der Waals surface area contributed by atoms with Gasteiger partial charge in [0.1, 0.15) is 11.6 Å². The Labute approximate surface area is 126 Å². The molecule has 1 aromatic carbocycles. The van der Waals surface area contributed by atoms with Crippen LogP contribution in [-0.2, 0) is 0 Å². The van der Waals surface area contributed by atoms with Crippen LogP contribution in [0, 0.1) is 5.92 Å². The third-order valence-electron chi connectivity index (χ3n) is 4.06. The van der Waals surface area contributed by atoms with Gasteiger partial charge in [-0.1, -0.05) is 37.3 Å². The van der Waals surface area contributed by atoms with Gasteiger partial charge in [0.25, 0.3) is 0 Å². The topological polar surface area (TPSA) is 49.8 Å². The van der Waals surface area contributed by atoms with Gasteiger partial charge >= 0.3 is 0 Å². The van der Waals surface area contributed by atoms with Gasteiger partial charge in [-0.3, -0.25) is 0 Å². The third-order valence-corrected chi connectivity index (χ3v) is 4.06. The predicted octanol–water partition coefficient (Wildman–Crippen LogP) is 3.79. The normalized spacial score (nSPS) is 21.2. The SMILES string of the molecule is CNc1cc(NC2CCC(C)C2)nc(-c2ccccc2)n1. The molecule has 0 spiro atoms. The minimum absolute atomic E-state index is 0.531. The molecule has 0 bridgehead atoms. The highest BCUT2D eigenvalue weighted by molar-refractivity contribution is 5.61. The fourth-order valence-corrected chi connectivity index (χ4v) is 2.91. The van der Waals surface area contributed by atoms with Gasteiger partial charge in [0, 0.05) is 24.7 Å². The molecule has 110 valence electrons. The summed E-state index contributed by atoms with van der Waals surface area (Å²) >= 11 is 0. The second-order valence-electron chi connectivity index (χ2n) is 5.84. The fraction of sp³-hybridized carbons (Fsp3) is 0.412. The van der Waals surface area contributed by atoms with Gasteiger partial charge < -0.3 is 10.6 Å². The van der Waals surface area contributed by atoms with E-state index in [1.165, 1.54) is 19.3 Å². The monoisotopic (exact) mass is 282 g/mol. The standard InChI is InChI=1S/C17H22N4/c1-12-8-9-14(10-12)19-16-11-15(18-2)20-17(21-16)13-6-4-3-5-7-13/h3-7,11-12,14H,8-10H2,1-2H3,(H2,18,19,20,21). The Kier molecular flexibility index (Phi) is 4.04. The Hall–Kier alpha value is -2.10. The van der Waals surface area contributed by atoms with Crippen molar-refractivity contribution in [2.75, 3.05) is 17.7 Å². The number of benzene rings is 1. The lowest BCUT2D eigenvalue weighted by atomic mass is 10.1. The summed E-state index contributed by atoms with van der Waals surface area (Å²) in [5.74, 6) is 3.32. The van der Waals surface area contributed by atoms with Crippen molar-refractivity contribution in [2.45, 2.75) is 32.2 Å². The van der Waals surface area contributed by atoms with Crippen LogP contribution in [0.2, 0.25) is 0 Å². The highest BCUT2D eigenvalue weighted by Crippen LogP contribution is 2.28. The zero-order chi connectivity index (χ0) is 14.7. The molecule has 1 aliphatic rings. The van der Waals surface area contributed by atoms with Gasteiger partial charge in [0.15, 0.2) is 5.82 Å². The molecule has 2 aromatic rings. The van der Waals surface area contributed by atoms with Crippen LogP contribution >= 0.6 is 0 Å². The van der Waals surface area contributed by atoms with Crippen LogP contribution in [0.15, 0.2) is 36.4 Å². The maximum atomic E-state index is 4.68. The van der Waals surface area contributed by atoms with Crippen LogP contribution in [0.4, 0.5) is 11.6 Å². The Morgan fingerprint density at radius 2 is 1.81 bits per heavy atom. The number of hydrogen-bond donors (Lipinski definition) is 2. The summed E-state index contributed by atoms with van der Waals surface area (Å²) in [6.45, 7) is 2.32. The average molecular weight is 282 g/mol. The van der Waals surface area contributed by atoms with E-state index in [0.29, 0.717) is 6.04 Å². The molecule has 1 heterocycles. The highest BCUT2D eigenvalue weighted by atomic mass is 15.1. The minimum atomic E-state index is 0.531. The molecule has 0 saturated heterocycles. The zero-order valence-electron chi connectivity index (χ0n) is 12.6. The lowest BCUT2D eigenvalue weighted by Gasteiger charge is -2.15. The fourth-order valence-electron chi connectivity index (χ4n) is 2.91. The van der Waals surface area contributed by atoms with Crippen molar-refractivity contribution < 1.29 is 0 Å². The summed E-state index contributed by atoms with van der Waals surface area (Å²) in [4.78, 5) is 9.23. The first-order chi connectivity index (χ1) is 10.2. The van der Waals surface area contributed by atoms with Crippen LogP contribution in [0.1, 0.15) is 26.2 Å². The lowest BCUT2D eigenvalue weighted by molar-refractivity contribution is 0.602. The first kappa shape index (κ1) is 13.9. The molecule has 2 N–H and O–H groups in total. The largest absolute Gasteiger partial charge is 0.373 e. The predicted molar refractivity (Wildman–Crippen MR) is 87.4 cm³/mol. The van der Waals surface area contributed by atoms with Crippen molar-refractivity contribution >= 4 is 11.6 Å². The molecule has 3 rings (SSSR count). The molecule has 1 aliphatic carbocycles. The quantitative estimate of drug-likeness (QED) is 0.896. The number of nitrogens with one attached hydrogen (secondary N) is 2. The van der Waals surface area contributed by atoms with E-state index >= 15 is 0 Å². The number of aromatic nitrogens is 2. The minimum Gasteiger partial charge on any atom is -0.373 e. The molecule has 0 aliphatic heterocycles. The first-order valence-electron chi connectivity index (χ1n) is 7.63. The van der Waals surface area contributed by atoms with E-state index in [1.807, 2.05) is 43.4 Å². The van der Waals surface area contributed by atoms with Crippen molar-refractivity contribution in [2.24, 2.45) is 5.92 Å². The van der Waals surface area contributed by atoms with Crippen LogP contribution < -0.4 is 10.6 Å². The van der Waals surface area contributed by atoms with Gasteiger partial charge in [-0.25, -0.2) is 9.97 Å². The maximum Gasteiger partial charge on any atom is 0.163 e. The Morgan fingerprint density at radius 1 is 1.05 bits per heavy atom. The molecule has 4 nitrogen and oxygen atoms in total. The van der Waals surface area contributed by atoms with Crippen molar-refractivity contribution in [3.63, 3.8) is 0 Å². The van der Waals surface area contributed by atoms with Crippen molar-refractivity contribution in [3.8, 4) is 11.4 Å². The van der Waals surface area contributed by atoms with E-state index in [-0.39, 0.29) is 0 Å². The molecular weight excluding hydrogens is 260 g/mol. The molecule has 2 atom stereocenters. The van der Waals surface area contributed by atoms with Crippen molar-refractivity contribution in [3.05, 3.63) is 36.4 Å². The first-order valence-corrected chi connectivity index (χ1v) is 7.63. The molecule has 2 unspecified atom stereocenters. The van der Waals surface area contributed by atoms with Crippen LogP contribution in [0.5, 0.6) is 0 Å². The molecule has 0 amide bonds. The second kappa shape index (κ2) is 6.12. The summed E-state index contributed by atoms with van der Waals surface area (Å²) in [6.07, 6.45) is 3.74. The van der Waals surface area contributed by atoms with E-state index < -0.39 is 0 Å².